The van der Waals surface area contributed by atoms with Gasteiger partial charge in [0.15, 0.2) is 0 Å². The molecule has 0 unspecified atom stereocenters. The zero-order valence-electron chi connectivity index (χ0n) is 44.2. The molecule has 0 fully saturated rings. The van der Waals surface area contributed by atoms with Crippen molar-refractivity contribution in [2.75, 3.05) is 0 Å². The number of rotatable bonds is 8. The van der Waals surface area contributed by atoms with Crippen LogP contribution in [0.15, 0.2) is 146 Å². The molecular weight excluding hydrogens is 695 g/mol. The van der Waals surface area contributed by atoms with Gasteiger partial charge >= 0.3 is 0 Å². The van der Waals surface area contributed by atoms with Gasteiger partial charge in [-0.2, -0.15) is 0 Å². The van der Waals surface area contributed by atoms with Crippen molar-refractivity contribution in [3.8, 4) is 67.5 Å². The predicted molar refractivity (Wildman–Crippen MR) is 239 cm³/mol. The van der Waals surface area contributed by atoms with Crippen molar-refractivity contribution < 1.29 is 20.2 Å². The van der Waals surface area contributed by atoms with Crippen molar-refractivity contribution in [3.05, 3.63) is 168 Å². The molecule has 2 aromatic heterocycles. The summed E-state index contributed by atoms with van der Waals surface area (Å²) in [4.78, 5) is 9.78. The van der Waals surface area contributed by atoms with Crippen LogP contribution in [-0.4, -0.2) is 19.6 Å². The number of fused-ring (bicyclic) bond motifs is 1. The van der Waals surface area contributed by atoms with Crippen molar-refractivity contribution in [2.24, 2.45) is 0 Å². The Morgan fingerprint density at radius 3 is 2.18 bits per heavy atom. The van der Waals surface area contributed by atoms with Gasteiger partial charge in [-0.25, -0.2) is 4.98 Å². The van der Waals surface area contributed by atoms with Gasteiger partial charge in [0.05, 0.1) is 38.9 Å². The van der Waals surface area contributed by atoms with Gasteiger partial charge in [-0.05, 0) is 123 Å². The lowest BCUT2D eigenvalue weighted by atomic mass is 9.83. The van der Waals surface area contributed by atoms with Crippen molar-refractivity contribution in [2.45, 2.75) is 72.6 Å². The van der Waals surface area contributed by atoms with E-state index < -0.39 is 54.7 Å². The summed E-state index contributed by atoms with van der Waals surface area (Å²) in [7, 11) is 0. The van der Waals surface area contributed by atoms with E-state index in [2.05, 4.69) is 18.8 Å². The molecule has 1 N–H and O–H groups in total. The van der Waals surface area contributed by atoms with Gasteiger partial charge in [0.1, 0.15) is 11.6 Å². The summed E-state index contributed by atoms with van der Waals surface area (Å²) in [5.41, 5.74) is 6.37. The second-order valence-electron chi connectivity index (χ2n) is 16.1. The first-order chi connectivity index (χ1) is 31.9. The van der Waals surface area contributed by atoms with Crippen LogP contribution in [-0.2, 0) is 5.41 Å². The minimum atomic E-state index is -2.58. The highest BCUT2D eigenvalue weighted by Gasteiger charge is 2.25. The molecule has 0 spiro atoms. The maximum atomic E-state index is 12.2. The third-order valence-corrected chi connectivity index (χ3v) is 10.4. The molecule has 2 heterocycles. The van der Waals surface area contributed by atoms with E-state index in [0.29, 0.717) is 44.8 Å². The van der Waals surface area contributed by atoms with Crippen LogP contribution in [0.5, 0.6) is 5.75 Å². The van der Waals surface area contributed by atoms with Crippen LogP contribution in [0.2, 0.25) is 0 Å². The SMILES string of the molecule is [2H]c1nc(-c2cc(-c3cccc4c3nc(-c3cc(C(C)C)cc(C(C)C)c3O)n4-c3ccc(-c4ccccc4)cc3C([2H])([2H])[2H])cc(C(C)(C)C)c2)c([2H])c(-c2c([2H])c([2H])c([2H])c([2H])c2[2H])c1[2H]. The molecule has 8 aromatic rings. The number of phenols is 1. The normalized spacial score (nSPS) is 14.9. The molecule has 0 saturated carbocycles. The third-order valence-electron chi connectivity index (χ3n) is 10.4. The summed E-state index contributed by atoms with van der Waals surface area (Å²) >= 11 is 0. The van der Waals surface area contributed by atoms with Crippen LogP contribution in [0.25, 0.3) is 72.7 Å². The number of hydrogen-bond donors (Lipinski definition) is 1. The second kappa shape index (κ2) is 15.0. The molecule has 0 aliphatic carbocycles. The first-order valence-electron chi connectivity index (χ1n) is 24.7. The van der Waals surface area contributed by atoms with E-state index in [0.717, 1.165) is 27.8 Å². The van der Waals surface area contributed by atoms with Crippen molar-refractivity contribution >= 4 is 11.0 Å². The second-order valence-corrected chi connectivity index (χ2v) is 16.1. The van der Waals surface area contributed by atoms with Crippen molar-refractivity contribution in [1.82, 2.24) is 14.5 Å². The average Bonchev–Trinajstić information content (AvgIpc) is 3.68. The minimum Gasteiger partial charge on any atom is -0.507 e. The number of benzene rings is 6. The smallest absolute Gasteiger partial charge is 0.149 e. The molecule has 0 aliphatic heterocycles. The number of pyridine rings is 1. The van der Waals surface area contributed by atoms with E-state index in [9.17, 15) is 6.48 Å². The molecule has 4 heteroatoms. The molecule has 0 bridgehead atoms. The Kier molecular flexibility index (Phi) is 6.99. The number of aryl methyl sites for hydroxylation is 1. The van der Waals surface area contributed by atoms with E-state index in [1.54, 1.807) is 18.2 Å². The van der Waals surface area contributed by atoms with Crippen LogP contribution in [0.4, 0.5) is 0 Å². The molecule has 0 amide bonds. The molecule has 0 atom stereocenters. The van der Waals surface area contributed by atoms with Gasteiger partial charge in [-0.15, -0.1) is 0 Å². The van der Waals surface area contributed by atoms with Gasteiger partial charge in [0.25, 0.3) is 0 Å². The monoisotopic (exact) mass is 756 g/mol. The Labute approximate surface area is 353 Å². The zero-order chi connectivity index (χ0) is 49.5. The van der Waals surface area contributed by atoms with Crippen LogP contribution in [0.3, 0.4) is 0 Å². The Morgan fingerprint density at radius 1 is 0.684 bits per heavy atom. The molecule has 4 nitrogen and oxygen atoms in total. The number of nitrogens with zero attached hydrogens (tertiary/aromatic N) is 3. The Bertz CT molecular complexity index is 3290. The summed E-state index contributed by atoms with van der Waals surface area (Å²) in [6, 6.07) is 26.0. The van der Waals surface area contributed by atoms with Gasteiger partial charge in [-0.3, -0.25) is 9.55 Å². The molecule has 284 valence electrons. The highest BCUT2D eigenvalue weighted by Crippen LogP contribution is 2.44. The number of imidazole rings is 1. The first kappa shape index (κ1) is 26.6. The standard InChI is InChI=1S/C53H51N3O/c1-33(2)40-30-45(34(3)4)51(57)46(31-40)52-55-50-44(20-15-21-49(50)56(52)48-23-22-38(26-35(48)5)36-16-11-9-12-17-36)41-27-42(29-43(28-41)53(6,7)8)47-32-39(24-25-54-47)37-18-13-10-14-19-37/h9-34,57H,1-8H3/i5D3,10D,13D,14D,18D,19D,24D,25D,32D. The number of hydrogen-bond acceptors (Lipinski definition) is 3. The minimum absolute atomic E-state index is 0.0314. The largest absolute Gasteiger partial charge is 0.507 e. The number of para-hydroxylation sites is 1. The average molecular weight is 757 g/mol. The van der Waals surface area contributed by atoms with E-state index in [1.807, 2.05) is 118 Å². The van der Waals surface area contributed by atoms with Gasteiger partial charge < -0.3 is 5.11 Å². The Hall–Kier alpha value is -6.26. The molecular formula is C53H51N3O. The molecule has 0 radical (unpaired) electrons. The van der Waals surface area contributed by atoms with Crippen LogP contribution in [0, 0.1) is 6.85 Å². The summed E-state index contributed by atoms with van der Waals surface area (Å²) in [5.74, 6) is 0.366. The fraction of sp³-hybridized carbons (Fsp3) is 0.208. The summed E-state index contributed by atoms with van der Waals surface area (Å²) in [5, 5.41) is 12.2. The lowest BCUT2D eigenvalue weighted by Gasteiger charge is -2.22. The summed E-state index contributed by atoms with van der Waals surface area (Å²) in [6.45, 7) is 11.6. The molecule has 0 aliphatic rings. The van der Waals surface area contributed by atoms with Crippen LogP contribution in [0.1, 0.15) is 97.6 Å². The highest BCUT2D eigenvalue weighted by atomic mass is 16.3. The predicted octanol–water partition coefficient (Wildman–Crippen LogP) is 14.3. The number of aromatic nitrogens is 3. The zero-order valence-corrected chi connectivity index (χ0v) is 33.2. The fourth-order valence-electron chi connectivity index (χ4n) is 7.23. The van der Waals surface area contributed by atoms with Gasteiger partial charge in [-0.1, -0.05) is 139 Å². The summed E-state index contributed by atoms with van der Waals surface area (Å²) < 4.78 is 97.7. The third kappa shape index (κ3) is 7.29. The van der Waals surface area contributed by atoms with Crippen LogP contribution >= 0.6 is 0 Å². The van der Waals surface area contributed by atoms with E-state index >= 15 is 0 Å². The lowest BCUT2D eigenvalue weighted by Crippen LogP contribution is -2.11. The topological polar surface area (TPSA) is 50.9 Å². The molecule has 57 heavy (non-hydrogen) atoms. The Morgan fingerprint density at radius 2 is 1.46 bits per heavy atom. The highest BCUT2D eigenvalue weighted by molar-refractivity contribution is 5.97. The molecule has 8 rings (SSSR count). The number of phenolic OH excluding ortho intramolecular Hbond substituents is 1. The van der Waals surface area contributed by atoms with Crippen molar-refractivity contribution in [1.29, 1.82) is 0 Å². The molecule has 0 saturated heterocycles. The first-order valence-corrected chi connectivity index (χ1v) is 19.2. The fourth-order valence-corrected chi connectivity index (χ4v) is 7.23. The van der Waals surface area contributed by atoms with Gasteiger partial charge in [0.2, 0.25) is 0 Å². The quantitative estimate of drug-likeness (QED) is 0.168. The maximum absolute atomic E-state index is 12.2. The van der Waals surface area contributed by atoms with Gasteiger partial charge in [0, 0.05) is 21.4 Å². The molecule has 6 aromatic carbocycles. The van der Waals surface area contributed by atoms with Crippen LogP contribution < -0.4 is 0 Å². The Balaban J connectivity index is 1.46. The summed E-state index contributed by atoms with van der Waals surface area (Å²) in [6.07, 6.45) is -0.543. The van der Waals surface area contributed by atoms with Crippen molar-refractivity contribution in [3.63, 3.8) is 0 Å². The number of aromatic hydroxyl groups is 1. The van der Waals surface area contributed by atoms with E-state index in [4.69, 9.17) is 18.7 Å². The lowest BCUT2D eigenvalue weighted by molar-refractivity contribution is 0.466. The van der Waals surface area contributed by atoms with E-state index in [1.165, 1.54) is 0 Å². The van der Waals surface area contributed by atoms with E-state index in [-0.39, 0.29) is 46.0 Å². The maximum Gasteiger partial charge on any atom is 0.149 e.